The van der Waals surface area contributed by atoms with Gasteiger partial charge >= 0.3 is 0 Å². The number of aromatic nitrogens is 2. The van der Waals surface area contributed by atoms with Gasteiger partial charge in [-0.1, -0.05) is 22.9 Å². The Morgan fingerprint density at radius 3 is 2.85 bits per heavy atom. The Morgan fingerprint density at radius 2 is 2.25 bits per heavy atom. The molecule has 0 aliphatic rings. The lowest BCUT2D eigenvalue weighted by molar-refractivity contribution is 0.405. The number of methoxy groups -OCH3 is 1. The predicted molar refractivity (Wildman–Crippen MR) is 84.0 cm³/mol. The van der Waals surface area contributed by atoms with Crippen molar-refractivity contribution in [2.45, 2.75) is 19.4 Å². The van der Waals surface area contributed by atoms with Crippen LogP contribution in [0.2, 0.25) is 0 Å². The highest BCUT2D eigenvalue weighted by Gasteiger charge is 2.16. The van der Waals surface area contributed by atoms with Crippen molar-refractivity contribution in [3.05, 3.63) is 46.5 Å². The number of imidazole rings is 1. The van der Waals surface area contributed by atoms with Crippen molar-refractivity contribution < 1.29 is 4.74 Å². The number of benzene rings is 1. The summed E-state index contributed by atoms with van der Waals surface area (Å²) in [6.07, 6.45) is 4.73. The van der Waals surface area contributed by atoms with Crippen LogP contribution in [0.1, 0.15) is 24.2 Å². The normalized spacial score (nSPS) is 12.4. The first-order chi connectivity index (χ1) is 9.63. The van der Waals surface area contributed by atoms with Crippen LogP contribution in [0.15, 0.2) is 35.2 Å². The highest BCUT2D eigenvalue weighted by Crippen LogP contribution is 2.27. The Morgan fingerprint density at radius 1 is 1.45 bits per heavy atom. The summed E-state index contributed by atoms with van der Waals surface area (Å²) in [5, 5.41) is 3.48. The fourth-order valence-corrected chi connectivity index (χ4v) is 2.68. The van der Waals surface area contributed by atoms with Gasteiger partial charge in [0.15, 0.2) is 0 Å². The van der Waals surface area contributed by atoms with E-state index < -0.39 is 0 Å². The summed E-state index contributed by atoms with van der Waals surface area (Å²) in [4.78, 5) is 4.46. The number of hydrogen-bond acceptors (Lipinski definition) is 3. The third-order valence-electron chi connectivity index (χ3n) is 3.20. The van der Waals surface area contributed by atoms with Crippen molar-refractivity contribution in [3.8, 4) is 5.75 Å². The Bertz CT molecular complexity index is 568. The minimum Gasteiger partial charge on any atom is -0.496 e. The van der Waals surface area contributed by atoms with Crippen molar-refractivity contribution >= 4 is 15.9 Å². The van der Waals surface area contributed by atoms with E-state index in [9.17, 15) is 0 Å². The second-order valence-corrected chi connectivity index (χ2v) is 5.65. The maximum absolute atomic E-state index is 5.45. The summed E-state index contributed by atoms with van der Waals surface area (Å²) in [7, 11) is 3.69. The Labute approximate surface area is 128 Å². The standard InChI is InChI=1S/C15H20BrN3O/c1-4-17-13(14-9-19(2)10-18-14)8-11-7-12(16)5-6-15(11)20-3/h5-7,9-10,13,17H,4,8H2,1-3H3. The van der Waals surface area contributed by atoms with Gasteiger partial charge in [0.05, 0.1) is 25.2 Å². The van der Waals surface area contributed by atoms with E-state index in [2.05, 4.69) is 45.4 Å². The first kappa shape index (κ1) is 15.1. The van der Waals surface area contributed by atoms with E-state index in [4.69, 9.17) is 4.74 Å². The molecular formula is C15H20BrN3O. The predicted octanol–water partition coefficient (Wildman–Crippen LogP) is 3.08. The lowest BCUT2D eigenvalue weighted by Gasteiger charge is -2.18. The molecule has 0 saturated heterocycles. The van der Waals surface area contributed by atoms with Crippen molar-refractivity contribution in [2.24, 2.45) is 7.05 Å². The highest BCUT2D eigenvalue weighted by molar-refractivity contribution is 9.10. The second kappa shape index (κ2) is 6.90. The SMILES string of the molecule is CCNC(Cc1cc(Br)ccc1OC)c1cn(C)cn1. The zero-order valence-corrected chi connectivity index (χ0v) is 13.6. The zero-order valence-electron chi connectivity index (χ0n) is 12.1. The van der Waals surface area contributed by atoms with E-state index in [-0.39, 0.29) is 6.04 Å². The first-order valence-electron chi connectivity index (χ1n) is 6.67. The number of halogens is 1. The number of hydrogen-bond donors (Lipinski definition) is 1. The van der Waals surface area contributed by atoms with Crippen LogP contribution in [-0.4, -0.2) is 23.2 Å². The average molecular weight is 338 g/mol. The van der Waals surface area contributed by atoms with E-state index >= 15 is 0 Å². The molecule has 1 N–H and O–H groups in total. The molecule has 0 radical (unpaired) electrons. The lowest BCUT2D eigenvalue weighted by Crippen LogP contribution is -2.23. The van der Waals surface area contributed by atoms with Gasteiger partial charge in [-0.2, -0.15) is 0 Å². The second-order valence-electron chi connectivity index (χ2n) is 4.73. The van der Waals surface area contributed by atoms with Gasteiger partial charge in [0.25, 0.3) is 0 Å². The molecular weight excluding hydrogens is 318 g/mol. The maximum Gasteiger partial charge on any atom is 0.122 e. The molecule has 108 valence electrons. The number of nitrogens with one attached hydrogen (secondary N) is 1. The quantitative estimate of drug-likeness (QED) is 0.880. The molecule has 0 bridgehead atoms. The van der Waals surface area contributed by atoms with Gasteiger partial charge in [0, 0.05) is 17.7 Å². The van der Waals surface area contributed by atoms with Crippen LogP contribution < -0.4 is 10.1 Å². The van der Waals surface area contributed by atoms with Crippen molar-refractivity contribution in [3.63, 3.8) is 0 Å². The molecule has 0 fully saturated rings. The molecule has 4 nitrogen and oxygen atoms in total. The number of rotatable bonds is 6. The Kier molecular flexibility index (Phi) is 5.20. The van der Waals surface area contributed by atoms with Gasteiger partial charge in [0.1, 0.15) is 5.75 Å². The molecule has 0 spiro atoms. The highest BCUT2D eigenvalue weighted by atomic mass is 79.9. The molecule has 0 aliphatic heterocycles. The van der Waals surface area contributed by atoms with Crippen LogP contribution in [0.25, 0.3) is 0 Å². The topological polar surface area (TPSA) is 39.1 Å². The molecule has 1 unspecified atom stereocenters. The fourth-order valence-electron chi connectivity index (χ4n) is 2.27. The van der Waals surface area contributed by atoms with Gasteiger partial charge in [-0.3, -0.25) is 0 Å². The molecule has 1 atom stereocenters. The zero-order chi connectivity index (χ0) is 14.5. The molecule has 5 heteroatoms. The lowest BCUT2D eigenvalue weighted by atomic mass is 10.0. The number of nitrogens with zero attached hydrogens (tertiary/aromatic N) is 2. The summed E-state index contributed by atoms with van der Waals surface area (Å²) < 4.78 is 8.48. The van der Waals surface area contributed by atoms with Crippen LogP contribution in [-0.2, 0) is 13.5 Å². The van der Waals surface area contributed by atoms with Gasteiger partial charge in [-0.05, 0) is 36.7 Å². The molecule has 2 rings (SSSR count). The Hall–Kier alpha value is -1.33. The summed E-state index contributed by atoms with van der Waals surface area (Å²) in [5.41, 5.74) is 2.22. The minimum absolute atomic E-state index is 0.185. The van der Waals surface area contributed by atoms with Gasteiger partial charge in [-0.25, -0.2) is 4.98 Å². The van der Waals surface area contributed by atoms with Crippen LogP contribution in [0.3, 0.4) is 0 Å². The summed E-state index contributed by atoms with van der Waals surface area (Å²) in [6.45, 7) is 3.01. The number of ether oxygens (including phenoxy) is 1. The molecule has 1 heterocycles. The van der Waals surface area contributed by atoms with Crippen molar-refractivity contribution in [1.82, 2.24) is 14.9 Å². The molecule has 0 aliphatic carbocycles. The first-order valence-corrected chi connectivity index (χ1v) is 7.47. The van der Waals surface area contributed by atoms with E-state index in [1.165, 1.54) is 5.56 Å². The molecule has 2 aromatic rings. The van der Waals surface area contributed by atoms with E-state index in [1.807, 2.05) is 30.1 Å². The van der Waals surface area contributed by atoms with E-state index in [1.54, 1.807) is 7.11 Å². The third-order valence-corrected chi connectivity index (χ3v) is 3.69. The monoisotopic (exact) mass is 337 g/mol. The maximum atomic E-state index is 5.45. The largest absolute Gasteiger partial charge is 0.496 e. The van der Waals surface area contributed by atoms with Crippen LogP contribution >= 0.6 is 15.9 Å². The molecule has 0 saturated carbocycles. The van der Waals surface area contributed by atoms with Crippen LogP contribution in [0, 0.1) is 0 Å². The van der Waals surface area contributed by atoms with E-state index in [0.29, 0.717) is 0 Å². The molecule has 1 aromatic heterocycles. The van der Waals surface area contributed by atoms with Gasteiger partial charge < -0.3 is 14.6 Å². The van der Waals surface area contributed by atoms with Gasteiger partial charge in [-0.15, -0.1) is 0 Å². The number of likely N-dealkylation sites (N-methyl/N-ethyl adjacent to an activating group) is 1. The smallest absolute Gasteiger partial charge is 0.122 e. The van der Waals surface area contributed by atoms with Gasteiger partial charge in [0.2, 0.25) is 0 Å². The molecule has 0 amide bonds. The fraction of sp³-hybridized carbons (Fsp3) is 0.400. The van der Waals surface area contributed by atoms with E-state index in [0.717, 1.165) is 28.9 Å². The van der Waals surface area contributed by atoms with Crippen LogP contribution in [0.4, 0.5) is 0 Å². The summed E-state index contributed by atoms with van der Waals surface area (Å²) in [6, 6.07) is 6.27. The average Bonchev–Trinajstić information content (AvgIpc) is 2.85. The molecule has 1 aromatic carbocycles. The van der Waals surface area contributed by atoms with Crippen molar-refractivity contribution in [1.29, 1.82) is 0 Å². The third kappa shape index (κ3) is 3.61. The minimum atomic E-state index is 0.185. The van der Waals surface area contributed by atoms with Crippen LogP contribution in [0.5, 0.6) is 5.75 Å². The Balaban J connectivity index is 2.26. The number of aryl methyl sites for hydroxylation is 1. The van der Waals surface area contributed by atoms with Crippen molar-refractivity contribution in [2.75, 3.05) is 13.7 Å². The summed E-state index contributed by atoms with van der Waals surface area (Å²) >= 11 is 3.52. The summed E-state index contributed by atoms with van der Waals surface area (Å²) in [5.74, 6) is 0.909. The molecule has 20 heavy (non-hydrogen) atoms.